The van der Waals surface area contributed by atoms with Crippen LogP contribution in [0.15, 0.2) is 22.7 Å². The lowest BCUT2D eigenvalue weighted by atomic mass is 10.1. The number of hydrogen-bond acceptors (Lipinski definition) is 2. The van der Waals surface area contributed by atoms with Crippen LogP contribution in [0.25, 0.3) is 0 Å². The summed E-state index contributed by atoms with van der Waals surface area (Å²) in [6.07, 6.45) is 2.65. The number of benzene rings is 1. The normalized spacial score (nSPS) is 12.9. The lowest BCUT2D eigenvalue weighted by molar-refractivity contribution is 0.143. The standard InChI is InChI=1S/C15H23BrClNO/c1-3-5-9-18(4-2)10-8-15(19)13-7-6-12(16)11-14(13)17/h6-7,11,15,19H,3-5,8-10H2,1-2H3. The Kier molecular flexibility index (Phi) is 8.00. The second-order valence-electron chi connectivity index (χ2n) is 4.76. The molecule has 1 atom stereocenters. The first-order chi connectivity index (χ1) is 9.08. The van der Waals surface area contributed by atoms with Gasteiger partial charge in [-0.2, -0.15) is 0 Å². The molecule has 0 bridgehead atoms. The van der Waals surface area contributed by atoms with Crippen LogP contribution in [-0.4, -0.2) is 29.6 Å². The van der Waals surface area contributed by atoms with Gasteiger partial charge in [-0.15, -0.1) is 0 Å². The molecule has 1 aromatic rings. The molecule has 1 N–H and O–H groups in total. The first-order valence-electron chi connectivity index (χ1n) is 6.93. The lowest BCUT2D eigenvalue weighted by Gasteiger charge is -2.22. The monoisotopic (exact) mass is 347 g/mol. The van der Waals surface area contributed by atoms with Crippen LogP contribution in [0.5, 0.6) is 0 Å². The molecule has 0 aliphatic rings. The summed E-state index contributed by atoms with van der Waals surface area (Å²) in [4.78, 5) is 2.37. The SMILES string of the molecule is CCCCN(CC)CCC(O)c1ccc(Br)cc1Cl. The Morgan fingerprint density at radius 3 is 2.63 bits per heavy atom. The summed E-state index contributed by atoms with van der Waals surface area (Å²) in [6, 6.07) is 5.63. The topological polar surface area (TPSA) is 23.5 Å². The van der Waals surface area contributed by atoms with E-state index >= 15 is 0 Å². The largest absolute Gasteiger partial charge is 0.388 e. The quantitative estimate of drug-likeness (QED) is 0.739. The zero-order valence-corrected chi connectivity index (χ0v) is 14.0. The van der Waals surface area contributed by atoms with Gasteiger partial charge in [-0.25, -0.2) is 0 Å². The summed E-state index contributed by atoms with van der Waals surface area (Å²) in [7, 11) is 0. The Morgan fingerprint density at radius 1 is 1.32 bits per heavy atom. The fourth-order valence-electron chi connectivity index (χ4n) is 2.04. The molecule has 0 saturated heterocycles. The minimum atomic E-state index is -0.490. The molecule has 108 valence electrons. The summed E-state index contributed by atoms with van der Waals surface area (Å²) >= 11 is 9.53. The van der Waals surface area contributed by atoms with E-state index < -0.39 is 6.10 Å². The molecule has 0 spiro atoms. The zero-order valence-electron chi connectivity index (χ0n) is 11.7. The predicted octanol–water partition coefficient (Wildman–Crippen LogP) is 4.65. The molecule has 19 heavy (non-hydrogen) atoms. The first-order valence-corrected chi connectivity index (χ1v) is 8.10. The van der Waals surface area contributed by atoms with Gasteiger partial charge in [-0.05, 0) is 43.6 Å². The van der Waals surface area contributed by atoms with Crippen LogP contribution in [0.1, 0.15) is 44.8 Å². The average molecular weight is 349 g/mol. The van der Waals surface area contributed by atoms with Gasteiger partial charge >= 0.3 is 0 Å². The number of hydrogen-bond donors (Lipinski definition) is 1. The number of aliphatic hydroxyl groups is 1. The van der Waals surface area contributed by atoms with E-state index in [-0.39, 0.29) is 0 Å². The van der Waals surface area contributed by atoms with E-state index in [1.165, 1.54) is 12.8 Å². The molecule has 2 nitrogen and oxygen atoms in total. The van der Waals surface area contributed by atoms with E-state index in [4.69, 9.17) is 11.6 Å². The Hall–Kier alpha value is -0.0900. The molecule has 1 unspecified atom stereocenters. The van der Waals surface area contributed by atoms with E-state index in [9.17, 15) is 5.11 Å². The number of halogens is 2. The van der Waals surface area contributed by atoms with Crippen molar-refractivity contribution in [3.05, 3.63) is 33.3 Å². The van der Waals surface area contributed by atoms with Crippen molar-refractivity contribution >= 4 is 27.5 Å². The van der Waals surface area contributed by atoms with Crippen molar-refractivity contribution in [1.82, 2.24) is 4.90 Å². The van der Waals surface area contributed by atoms with E-state index in [2.05, 4.69) is 34.7 Å². The van der Waals surface area contributed by atoms with Crippen LogP contribution in [0.2, 0.25) is 5.02 Å². The Balaban J connectivity index is 2.51. The summed E-state index contributed by atoms with van der Waals surface area (Å²) in [5, 5.41) is 10.9. The third-order valence-corrected chi connectivity index (χ3v) is 4.14. The average Bonchev–Trinajstić information content (AvgIpc) is 2.38. The van der Waals surface area contributed by atoms with Gasteiger partial charge in [0.05, 0.1) is 6.10 Å². The highest BCUT2D eigenvalue weighted by Gasteiger charge is 2.13. The Morgan fingerprint density at radius 2 is 2.05 bits per heavy atom. The molecule has 4 heteroatoms. The van der Waals surface area contributed by atoms with Crippen LogP contribution in [0.4, 0.5) is 0 Å². The van der Waals surface area contributed by atoms with Crippen LogP contribution in [0, 0.1) is 0 Å². The fourth-order valence-corrected chi connectivity index (χ4v) is 2.84. The maximum Gasteiger partial charge on any atom is 0.0816 e. The summed E-state index contributed by atoms with van der Waals surface area (Å²) in [5.41, 5.74) is 0.816. The highest BCUT2D eigenvalue weighted by molar-refractivity contribution is 9.10. The van der Waals surface area contributed by atoms with E-state index in [0.717, 1.165) is 36.1 Å². The van der Waals surface area contributed by atoms with E-state index in [1.807, 2.05) is 18.2 Å². The molecule has 0 heterocycles. The van der Waals surface area contributed by atoms with Gasteiger partial charge in [0, 0.05) is 16.0 Å². The summed E-state index contributed by atoms with van der Waals surface area (Å²) < 4.78 is 0.937. The number of rotatable bonds is 8. The molecule has 1 aromatic carbocycles. The van der Waals surface area contributed by atoms with Gasteiger partial charge in [0.25, 0.3) is 0 Å². The Bertz CT molecular complexity index is 386. The predicted molar refractivity (Wildman–Crippen MR) is 85.8 cm³/mol. The third-order valence-electron chi connectivity index (χ3n) is 3.32. The third kappa shape index (κ3) is 5.82. The molecule has 0 aliphatic carbocycles. The number of unbranched alkanes of at least 4 members (excludes halogenated alkanes) is 1. The Labute approximate surface area is 129 Å². The fraction of sp³-hybridized carbons (Fsp3) is 0.600. The van der Waals surface area contributed by atoms with Crippen LogP contribution < -0.4 is 0 Å². The molecule has 0 saturated carbocycles. The molecule has 1 rings (SSSR count). The van der Waals surface area contributed by atoms with Crippen molar-refractivity contribution < 1.29 is 5.11 Å². The summed E-state index contributed by atoms with van der Waals surface area (Å²) in [5.74, 6) is 0. The van der Waals surface area contributed by atoms with E-state index in [0.29, 0.717) is 5.02 Å². The van der Waals surface area contributed by atoms with Gasteiger partial charge in [-0.3, -0.25) is 0 Å². The molecular weight excluding hydrogens is 326 g/mol. The van der Waals surface area contributed by atoms with Gasteiger partial charge in [0.1, 0.15) is 0 Å². The van der Waals surface area contributed by atoms with Crippen LogP contribution in [0.3, 0.4) is 0 Å². The van der Waals surface area contributed by atoms with Crippen molar-refractivity contribution in [1.29, 1.82) is 0 Å². The van der Waals surface area contributed by atoms with Crippen molar-refractivity contribution in [3.8, 4) is 0 Å². The molecule has 0 radical (unpaired) electrons. The van der Waals surface area contributed by atoms with Crippen LogP contribution >= 0.6 is 27.5 Å². The molecular formula is C15H23BrClNO. The zero-order chi connectivity index (χ0) is 14.3. The minimum absolute atomic E-state index is 0.490. The molecule has 0 fully saturated rings. The van der Waals surface area contributed by atoms with Gasteiger partial charge in [0.2, 0.25) is 0 Å². The van der Waals surface area contributed by atoms with Crippen molar-refractivity contribution in [3.63, 3.8) is 0 Å². The minimum Gasteiger partial charge on any atom is -0.388 e. The second kappa shape index (κ2) is 8.96. The lowest BCUT2D eigenvalue weighted by Crippen LogP contribution is -2.26. The maximum atomic E-state index is 10.2. The van der Waals surface area contributed by atoms with E-state index in [1.54, 1.807) is 0 Å². The number of aliphatic hydroxyl groups excluding tert-OH is 1. The smallest absolute Gasteiger partial charge is 0.0816 e. The molecule has 0 aliphatic heterocycles. The van der Waals surface area contributed by atoms with Gasteiger partial charge in [-0.1, -0.05) is 53.9 Å². The van der Waals surface area contributed by atoms with Gasteiger partial charge in [0.15, 0.2) is 0 Å². The second-order valence-corrected chi connectivity index (χ2v) is 6.08. The van der Waals surface area contributed by atoms with Crippen molar-refractivity contribution in [2.45, 2.75) is 39.2 Å². The number of nitrogens with zero attached hydrogens (tertiary/aromatic N) is 1. The highest BCUT2D eigenvalue weighted by atomic mass is 79.9. The van der Waals surface area contributed by atoms with Crippen molar-refractivity contribution in [2.24, 2.45) is 0 Å². The first kappa shape index (κ1) is 17.0. The highest BCUT2D eigenvalue weighted by Crippen LogP contribution is 2.28. The van der Waals surface area contributed by atoms with Crippen molar-refractivity contribution in [2.75, 3.05) is 19.6 Å². The van der Waals surface area contributed by atoms with Crippen LogP contribution in [-0.2, 0) is 0 Å². The maximum absolute atomic E-state index is 10.2. The molecule has 0 aromatic heterocycles. The summed E-state index contributed by atoms with van der Waals surface area (Å²) in [6.45, 7) is 7.40. The molecule has 0 amide bonds. The van der Waals surface area contributed by atoms with Gasteiger partial charge < -0.3 is 10.0 Å².